The molecule has 114 valence electrons. The fraction of sp³-hybridized carbons (Fsp3) is 0.467. The standard InChI is InChI=1S/C15H22N4O2/c1-3-19-11-17-18-15(19)9-16-8-13(20)10-21-14-6-4-12(2)5-7-14/h4-7,11,13,16,20H,3,8-10H2,1-2H3. The molecule has 0 saturated carbocycles. The Morgan fingerprint density at radius 1 is 1.33 bits per heavy atom. The van der Waals surface area contributed by atoms with Crippen molar-refractivity contribution in [2.24, 2.45) is 0 Å². The fourth-order valence-electron chi connectivity index (χ4n) is 1.92. The number of aliphatic hydroxyl groups excluding tert-OH is 1. The summed E-state index contributed by atoms with van der Waals surface area (Å²) >= 11 is 0. The third kappa shape index (κ3) is 4.84. The monoisotopic (exact) mass is 290 g/mol. The maximum atomic E-state index is 9.89. The third-order valence-electron chi connectivity index (χ3n) is 3.16. The van der Waals surface area contributed by atoms with Crippen molar-refractivity contribution < 1.29 is 9.84 Å². The van der Waals surface area contributed by atoms with Crippen LogP contribution >= 0.6 is 0 Å². The predicted molar refractivity (Wildman–Crippen MR) is 80.1 cm³/mol. The second-order valence-electron chi connectivity index (χ2n) is 4.94. The van der Waals surface area contributed by atoms with E-state index in [-0.39, 0.29) is 6.61 Å². The number of aliphatic hydroxyl groups is 1. The van der Waals surface area contributed by atoms with Gasteiger partial charge in [0.05, 0.1) is 6.54 Å². The first kappa shape index (κ1) is 15.5. The summed E-state index contributed by atoms with van der Waals surface area (Å²) < 4.78 is 7.49. The van der Waals surface area contributed by atoms with E-state index in [1.165, 1.54) is 5.56 Å². The minimum atomic E-state index is -0.565. The molecular formula is C15H22N4O2. The smallest absolute Gasteiger partial charge is 0.146 e. The van der Waals surface area contributed by atoms with Crippen molar-refractivity contribution in [3.05, 3.63) is 42.0 Å². The normalized spacial score (nSPS) is 12.3. The third-order valence-corrected chi connectivity index (χ3v) is 3.16. The molecule has 0 bridgehead atoms. The number of nitrogens with one attached hydrogen (secondary N) is 1. The number of rotatable bonds is 8. The number of hydrogen-bond acceptors (Lipinski definition) is 5. The second-order valence-corrected chi connectivity index (χ2v) is 4.94. The van der Waals surface area contributed by atoms with Crippen LogP contribution in [0.4, 0.5) is 0 Å². The van der Waals surface area contributed by atoms with Gasteiger partial charge in [0.1, 0.15) is 30.6 Å². The minimum Gasteiger partial charge on any atom is -0.491 e. The summed E-state index contributed by atoms with van der Waals surface area (Å²) in [4.78, 5) is 0. The van der Waals surface area contributed by atoms with E-state index in [2.05, 4.69) is 15.5 Å². The lowest BCUT2D eigenvalue weighted by molar-refractivity contribution is 0.106. The van der Waals surface area contributed by atoms with Gasteiger partial charge in [-0.3, -0.25) is 0 Å². The molecule has 6 nitrogen and oxygen atoms in total. The van der Waals surface area contributed by atoms with Crippen LogP contribution in [0.3, 0.4) is 0 Å². The molecule has 0 aliphatic heterocycles. The molecule has 0 saturated heterocycles. The van der Waals surface area contributed by atoms with E-state index >= 15 is 0 Å². The maximum Gasteiger partial charge on any atom is 0.146 e. The highest BCUT2D eigenvalue weighted by Crippen LogP contribution is 2.11. The Hall–Kier alpha value is -1.92. The van der Waals surface area contributed by atoms with Gasteiger partial charge in [-0.05, 0) is 26.0 Å². The summed E-state index contributed by atoms with van der Waals surface area (Å²) in [6.45, 7) is 6.19. The summed E-state index contributed by atoms with van der Waals surface area (Å²) in [6.07, 6.45) is 1.14. The number of nitrogens with zero attached hydrogens (tertiary/aromatic N) is 3. The van der Waals surface area contributed by atoms with Crippen molar-refractivity contribution in [1.82, 2.24) is 20.1 Å². The van der Waals surface area contributed by atoms with Crippen molar-refractivity contribution in [3.8, 4) is 5.75 Å². The van der Waals surface area contributed by atoms with E-state index in [9.17, 15) is 5.11 Å². The van der Waals surface area contributed by atoms with Crippen molar-refractivity contribution in [1.29, 1.82) is 0 Å². The van der Waals surface area contributed by atoms with Crippen molar-refractivity contribution in [2.75, 3.05) is 13.2 Å². The highest BCUT2D eigenvalue weighted by Gasteiger charge is 2.07. The topological polar surface area (TPSA) is 72.2 Å². The fourth-order valence-corrected chi connectivity index (χ4v) is 1.92. The van der Waals surface area contributed by atoms with Crippen LogP contribution in [0.5, 0.6) is 5.75 Å². The Balaban J connectivity index is 1.68. The van der Waals surface area contributed by atoms with Gasteiger partial charge < -0.3 is 19.7 Å². The molecule has 2 N–H and O–H groups in total. The maximum absolute atomic E-state index is 9.89. The molecule has 1 aromatic carbocycles. The summed E-state index contributed by atoms with van der Waals surface area (Å²) in [6, 6.07) is 7.77. The van der Waals surface area contributed by atoms with Crippen molar-refractivity contribution in [2.45, 2.75) is 33.0 Å². The predicted octanol–water partition coefficient (Wildman–Crippen LogP) is 1.14. The molecule has 2 aromatic rings. The molecule has 1 atom stereocenters. The summed E-state index contributed by atoms with van der Waals surface area (Å²) in [5.74, 6) is 1.63. The number of aromatic nitrogens is 3. The van der Waals surface area contributed by atoms with Gasteiger partial charge in [0.25, 0.3) is 0 Å². The van der Waals surface area contributed by atoms with E-state index in [0.717, 1.165) is 18.1 Å². The first-order valence-electron chi connectivity index (χ1n) is 7.14. The molecule has 0 amide bonds. The molecule has 21 heavy (non-hydrogen) atoms. The lowest BCUT2D eigenvalue weighted by Gasteiger charge is -2.13. The van der Waals surface area contributed by atoms with E-state index in [1.807, 2.05) is 42.7 Å². The van der Waals surface area contributed by atoms with Gasteiger partial charge in [-0.15, -0.1) is 10.2 Å². The number of hydrogen-bond donors (Lipinski definition) is 2. The average Bonchev–Trinajstić information content (AvgIpc) is 2.94. The summed E-state index contributed by atoms with van der Waals surface area (Å²) in [5.41, 5.74) is 1.18. The van der Waals surface area contributed by atoms with Crippen LogP contribution in [0.25, 0.3) is 0 Å². The zero-order valence-electron chi connectivity index (χ0n) is 12.5. The van der Waals surface area contributed by atoms with E-state index in [0.29, 0.717) is 13.1 Å². The summed E-state index contributed by atoms with van der Waals surface area (Å²) in [7, 11) is 0. The quantitative estimate of drug-likeness (QED) is 0.762. The van der Waals surface area contributed by atoms with Crippen LogP contribution in [-0.4, -0.2) is 39.1 Å². The summed E-state index contributed by atoms with van der Waals surface area (Å²) in [5, 5.41) is 20.9. The first-order chi connectivity index (χ1) is 10.2. The Labute approximate surface area is 124 Å². The number of ether oxygens (including phenoxy) is 1. The Morgan fingerprint density at radius 3 is 2.81 bits per heavy atom. The molecule has 0 aliphatic carbocycles. The van der Waals surface area contributed by atoms with Crippen LogP contribution in [0.15, 0.2) is 30.6 Å². The molecule has 0 aliphatic rings. The molecule has 2 rings (SSSR count). The largest absolute Gasteiger partial charge is 0.491 e. The molecule has 6 heteroatoms. The van der Waals surface area contributed by atoms with Gasteiger partial charge in [0.2, 0.25) is 0 Å². The SMILES string of the molecule is CCn1cnnc1CNCC(O)COc1ccc(C)cc1. The van der Waals surface area contributed by atoms with Gasteiger partial charge >= 0.3 is 0 Å². The zero-order valence-corrected chi connectivity index (χ0v) is 12.5. The molecule has 1 unspecified atom stereocenters. The lowest BCUT2D eigenvalue weighted by Crippen LogP contribution is -2.31. The van der Waals surface area contributed by atoms with E-state index in [4.69, 9.17) is 4.74 Å². The van der Waals surface area contributed by atoms with Crippen molar-refractivity contribution in [3.63, 3.8) is 0 Å². The molecule has 0 spiro atoms. The zero-order chi connectivity index (χ0) is 15.1. The van der Waals surface area contributed by atoms with Crippen LogP contribution < -0.4 is 10.1 Å². The van der Waals surface area contributed by atoms with E-state index in [1.54, 1.807) is 6.33 Å². The van der Waals surface area contributed by atoms with Gasteiger partial charge in [-0.25, -0.2) is 0 Å². The highest BCUT2D eigenvalue weighted by atomic mass is 16.5. The molecule has 1 heterocycles. The second kappa shape index (κ2) is 7.75. The van der Waals surface area contributed by atoms with Crippen molar-refractivity contribution >= 4 is 0 Å². The number of aryl methyl sites for hydroxylation is 2. The van der Waals surface area contributed by atoms with E-state index < -0.39 is 6.10 Å². The molecule has 0 radical (unpaired) electrons. The van der Waals surface area contributed by atoms with Gasteiger partial charge in [0.15, 0.2) is 0 Å². The minimum absolute atomic E-state index is 0.260. The Morgan fingerprint density at radius 2 is 2.10 bits per heavy atom. The van der Waals surface area contributed by atoms with Crippen LogP contribution in [0.2, 0.25) is 0 Å². The first-order valence-corrected chi connectivity index (χ1v) is 7.14. The number of benzene rings is 1. The van der Waals surface area contributed by atoms with Gasteiger partial charge in [-0.2, -0.15) is 0 Å². The Kier molecular flexibility index (Phi) is 5.71. The molecular weight excluding hydrogens is 268 g/mol. The lowest BCUT2D eigenvalue weighted by atomic mass is 10.2. The Bertz CT molecular complexity index is 539. The molecule has 0 fully saturated rings. The average molecular weight is 290 g/mol. The van der Waals surface area contributed by atoms with Gasteiger partial charge in [-0.1, -0.05) is 17.7 Å². The van der Waals surface area contributed by atoms with Crippen LogP contribution in [-0.2, 0) is 13.1 Å². The highest BCUT2D eigenvalue weighted by molar-refractivity contribution is 5.26. The van der Waals surface area contributed by atoms with Gasteiger partial charge in [0, 0.05) is 13.1 Å². The molecule has 1 aromatic heterocycles. The van der Waals surface area contributed by atoms with Crippen LogP contribution in [0, 0.1) is 6.92 Å². The van der Waals surface area contributed by atoms with Crippen LogP contribution in [0.1, 0.15) is 18.3 Å².